The van der Waals surface area contributed by atoms with E-state index in [0.717, 1.165) is 12.3 Å². The highest BCUT2D eigenvalue weighted by Crippen LogP contribution is 2.19. The minimum absolute atomic E-state index is 0.206. The topological polar surface area (TPSA) is 29.1 Å². The van der Waals surface area contributed by atoms with Gasteiger partial charge in [0.1, 0.15) is 0 Å². The molecule has 0 aliphatic carbocycles. The van der Waals surface area contributed by atoms with Crippen molar-refractivity contribution in [2.45, 2.75) is 39.7 Å². The van der Waals surface area contributed by atoms with Crippen LogP contribution < -0.4 is 5.32 Å². The average Bonchev–Trinajstić information content (AvgIpc) is 2.38. The van der Waals surface area contributed by atoms with Crippen LogP contribution in [0.3, 0.4) is 0 Å². The summed E-state index contributed by atoms with van der Waals surface area (Å²) in [6, 6.07) is 8.89. The Bertz CT molecular complexity index is 373. The lowest BCUT2D eigenvalue weighted by Crippen LogP contribution is -2.26. The van der Waals surface area contributed by atoms with Crippen LogP contribution in [0.2, 0.25) is 0 Å². The Morgan fingerprint density at radius 3 is 2.11 bits per heavy atom. The van der Waals surface area contributed by atoms with E-state index in [1.54, 1.807) is 0 Å². The molecule has 0 amide bonds. The summed E-state index contributed by atoms with van der Waals surface area (Å²) in [5.74, 6) is 1.98. The van der Waals surface area contributed by atoms with Gasteiger partial charge in [-0.2, -0.15) is 0 Å². The summed E-state index contributed by atoms with van der Waals surface area (Å²) < 4.78 is 11.7. The van der Waals surface area contributed by atoms with Gasteiger partial charge >= 0.3 is 0 Å². The molecule has 102 valence electrons. The van der Waals surface area contributed by atoms with Crippen molar-refractivity contribution in [3.63, 3.8) is 0 Å². The van der Waals surface area contributed by atoms with Gasteiger partial charge in [0.15, 0.2) is 0 Å². The maximum Gasteiger partial charge on any atom is 0.0436 e. The van der Waals surface area contributed by atoms with Crippen molar-refractivity contribution >= 4 is 10.8 Å². The molecular weight excluding hydrogens is 242 g/mol. The first-order valence-electron chi connectivity index (χ1n) is 6.76. The molecule has 18 heavy (non-hydrogen) atoms. The van der Waals surface area contributed by atoms with Crippen LogP contribution in [0, 0.1) is 0 Å². The van der Waals surface area contributed by atoms with Crippen molar-refractivity contribution in [1.82, 2.24) is 5.32 Å². The van der Waals surface area contributed by atoms with E-state index >= 15 is 0 Å². The maximum absolute atomic E-state index is 11.7. The van der Waals surface area contributed by atoms with E-state index in [4.69, 9.17) is 0 Å². The highest BCUT2D eigenvalue weighted by Gasteiger charge is 2.13. The zero-order valence-electron chi connectivity index (χ0n) is 11.9. The second-order valence-corrected chi connectivity index (χ2v) is 6.62. The first kappa shape index (κ1) is 15.4. The van der Waals surface area contributed by atoms with Crippen LogP contribution in [0.25, 0.3) is 0 Å². The Hall–Kier alpha value is -0.670. The summed E-state index contributed by atoms with van der Waals surface area (Å²) in [4.78, 5) is 0. The molecule has 0 radical (unpaired) electrons. The Morgan fingerprint density at radius 2 is 1.67 bits per heavy atom. The normalized spacial score (nSPS) is 14.7. The quantitative estimate of drug-likeness (QED) is 0.822. The van der Waals surface area contributed by atoms with Gasteiger partial charge in [-0.25, -0.2) is 0 Å². The maximum atomic E-state index is 11.7. The van der Waals surface area contributed by atoms with Gasteiger partial charge in [0.25, 0.3) is 0 Å². The lowest BCUT2D eigenvalue weighted by atomic mass is 9.99. The third kappa shape index (κ3) is 4.54. The molecule has 0 aromatic heterocycles. The van der Waals surface area contributed by atoms with E-state index in [0.29, 0.717) is 11.7 Å². The van der Waals surface area contributed by atoms with Crippen LogP contribution >= 0.6 is 0 Å². The van der Waals surface area contributed by atoms with E-state index in [1.807, 2.05) is 6.92 Å². The van der Waals surface area contributed by atoms with Gasteiger partial charge in [-0.15, -0.1) is 0 Å². The Morgan fingerprint density at radius 1 is 1.11 bits per heavy atom. The minimum atomic E-state index is -0.736. The molecule has 1 rings (SSSR count). The van der Waals surface area contributed by atoms with Gasteiger partial charge in [-0.3, -0.25) is 4.21 Å². The van der Waals surface area contributed by atoms with E-state index in [9.17, 15) is 4.21 Å². The molecule has 2 atom stereocenters. The van der Waals surface area contributed by atoms with E-state index in [2.05, 4.69) is 50.4 Å². The lowest BCUT2D eigenvalue weighted by Gasteiger charge is -2.18. The first-order valence-corrected chi connectivity index (χ1v) is 8.25. The molecule has 0 fully saturated rings. The number of hydrogen-bond donors (Lipinski definition) is 1. The SMILES string of the molecule is CCNC(CS(=O)CC)c1ccc(C(C)C)cc1. The Balaban J connectivity index is 2.81. The van der Waals surface area contributed by atoms with Gasteiger partial charge in [-0.05, 0) is 23.6 Å². The van der Waals surface area contributed by atoms with Crippen molar-refractivity contribution in [2.75, 3.05) is 18.1 Å². The molecule has 1 aromatic carbocycles. The molecule has 0 aliphatic rings. The minimum Gasteiger partial charge on any atom is -0.309 e. The first-order chi connectivity index (χ1) is 8.58. The van der Waals surface area contributed by atoms with Crippen molar-refractivity contribution in [1.29, 1.82) is 0 Å². The number of benzene rings is 1. The molecule has 0 aliphatic heterocycles. The molecular formula is C15H25NOS. The molecule has 2 nitrogen and oxygen atoms in total. The zero-order valence-corrected chi connectivity index (χ0v) is 12.7. The summed E-state index contributed by atoms with van der Waals surface area (Å²) in [5, 5.41) is 3.42. The molecule has 0 bridgehead atoms. The van der Waals surface area contributed by atoms with E-state index in [1.165, 1.54) is 11.1 Å². The fourth-order valence-corrected chi connectivity index (χ4v) is 2.85. The number of hydrogen-bond acceptors (Lipinski definition) is 2. The van der Waals surface area contributed by atoms with E-state index in [-0.39, 0.29) is 6.04 Å². The molecule has 0 heterocycles. The van der Waals surface area contributed by atoms with Crippen LogP contribution in [0.4, 0.5) is 0 Å². The number of rotatable bonds is 7. The molecule has 1 N–H and O–H groups in total. The van der Waals surface area contributed by atoms with Crippen molar-refractivity contribution in [3.05, 3.63) is 35.4 Å². The Labute approximate surface area is 114 Å². The molecule has 0 spiro atoms. The lowest BCUT2D eigenvalue weighted by molar-refractivity contribution is 0.594. The highest BCUT2D eigenvalue weighted by atomic mass is 32.2. The molecule has 2 unspecified atom stereocenters. The summed E-state index contributed by atoms with van der Waals surface area (Å²) in [6.45, 7) is 9.36. The van der Waals surface area contributed by atoms with Crippen LogP contribution in [0.5, 0.6) is 0 Å². The second-order valence-electron chi connectivity index (χ2n) is 4.83. The molecule has 0 saturated heterocycles. The Kier molecular flexibility index (Phi) is 6.58. The van der Waals surface area contributed by atoms with Gasteiger partial charge in [0.2, 0.25) is 0 Å². The van der Waals surface area contributed by atoms with Crippen molar-refractivity contribution in [3.8, 4) is 0 Å². The van der Waals surface area contributed by atoms with Crippen molar-refractivity contribution < 1.29 is 4.21 Å². The smallest absolute Gasteiger partial charge is 0.0436 e. The van der Waals surface area contributed by atoms with E-state index < -0.39 is 10.8 Å². The van der Waals surface area contributed by atoms with Gasteiger partial charge in [0.05, 0.1) is 0 Å². The molecule has 3 heteroatoms. The standard InChI is InChI=1S/C15H25NOS/c1-5-16-15(11-18(17)6-2)14-9-7-13(8-10-14)12(3)4/h7-10,12,15-16H,5-6,11H2,1-4H3. The summed E-state index contributed by atoms with van der Waals surface area (Å²) in [7, 11) is -0.736. The van der Waals surface area contributed by atoms with Crippen LogP contribution in [0.15, 0.2) is 24.3 Å². The number of nitrogens with one attached hydrogen (secondary N) is 1. The largest absolute Gasteiger partial charge is 0.309 e. The van der Waals surface area contributed by atoms with Gasteiger partial charge in [-0.1, -0.05) is 52.0 Å². The average molecular weight is 267 g/mol. The van der Waals surface area contributed by atoms with Gasteiger partial charge < -0.3 is 5.32 Å². The molecule has 1 aromatic rings. The predicted octanol–water partition coefficient (Wildman–Crippen LogP) is 3.23. The highest BCUT2D eigenvalue weighted by molar-refractivity contribution is 7.84. The van der Waals surface area contributed by atoms with Crippen molar-refractivity contribution in [2.24, 2.45) is 0 Å². The predicted molar refractivity (Wildman–Crippen MR) is 80.5 cm³/mol. The monoisotopic (exact) mass is 267 g/mol. The second kappa shape index (κ2) is 7.70. The van der Waals surface area contributed by atoms with Crippen LogP contribution in [-0.2, 0) is 10.8 Å². The summed E-state index contributed by atoms with van der Waals surface area (Å²) in [5.41, 5.74) is 2.59. The van der Waals surface area contributed by atoms with Crippen LogP contribution in [0.1, 0.15) is 50.8 Å². The molecule has 0 saturated carbocycles. The fourth-order valence-electron chi connectivity index (χ4n) is 1.94. The summed E-state index contributed by atoms with van der Waals surface area (Å²) in [6.07, 6.45) is 0. The van der Waals surface area contributed by atoms with Gasteiger partial charge in [0, 0.05) is 28.3 Å². The third-order valence-electron chi connectivity index (χ3n) is 3.13. The fraction of sp³-hybridized carbons (Fsp3) is 0.600. The zero-order chi connectivity index (χ0) is 13.5. The van der Waals surface area contributed by atoms with Crippen LogP contribution in [-0.4, -0.2) is 22.3 Å². The third-order valence-corrected chi connectivity index (χ3v) is 4.48. The summed E-state index contributed by atoms with van der Waals surface area (Å²) >= 11 is 0.